The third-order valence-corrected chi connectivity index (χ3v) is 2.15. The highest BCUT2D eigenvalue weighted by atomic mass is 32.1. The van der Waals surface area contributed by atoms with E-state index in [1.54, 1.807) is 6.92 Å². The van der Waals surface area contributed by atoms with Crippen LogP contribution in [-0.2, 0) is 6.54 Å². The lowest BCUT2D eigenvalue weighted by atomic mass is 10.2. The summed E-state index contributed by atoms with van der Waals surface area (Å²) >= 11 is 4.30. The maximum Gasteiger partial charge on any atom is 0.182 e. The highest BCUT2D eigenvalue weighted by molar-refractivity contribution is 7.80. The van der Waals surface area contributed by atoms with Crippen molar-refractivity contribution in [3.05, 3.63) is 29.8 Å². The number of nitrogens with zero attached hydrogens (tertiary/aromatic N) is 2. The summed E-state index contributed by atoms with van der Waals surface area (Å²) in [6, 6.07) is 7.75. The number of aliphatic imine (C=N–C) groups is 1. The Morgan fingerprint density at radius 3 is 2.93 bits per heavy atom. The molecule has 0 fully saturated rings. The van der Waals surface area contributed by atoms with Crippen molar-refractivity contribution in [1.29, 1.82) is 5.26 Å². The summed E-state index contributed by atoms with van der Waals surface area (Å²) < 4.78 is 0. The Hall–Kier alpha value is -1.47. The molecule has 0 bridgehead atoms. The van der Waals surface area contributed by atoms with Gasteiger partial charge in [0.2, 0.25) is 0 Å². The highest BCUT2D eigenvalue weighted by Crippen LogP contribution is 2.13. The van der Waals surface area contributed by atoms with Crippen molar-refractivity contribution in [3.63, 3.8) is 0 Å². The second-order valence-corrected chi connectivity index (χ2v) is 3.25. The third-order valence-electron chi connectivity index (χ3n) is 1.71. The minimum atomic E-state index is 0.542. The quantitative estimate of drug-likeness (QED) is 0.255. The van der Waals surface area contributed by atoms with Gasteiger partial charge < -0.3 is 0 Å². The molecule has 0 amide bonds. The van der Waals surface area contributed by atoms with Gasteiger partial charge in [0, 0.05) is 4.90 Å². The van der Waals surface area contributed by atoms with Crippen LogP contribution in [0, 0.1) is 11.5 Å². The van der Waals surface area contributed by atoms with Gasteiger partial charge in [-0.05, 0) is 18.6 Å². The van der Waals surface area contributed by atoms with Gasteiger partial charge in [-0.25, -0.2) is 0 Å². The molecule has 0 aliphatic heterocycles. The molecular weight excluding hydrogens is 194 g/mol. The number of thiol groups is 1. The largest absolute Gasteiger partial charge is 0.281 e. The van der Waals surface area contributed by atoms with Crippen LogP contribution in [-0.4, -0.2) is 5.84 Å². The second-order valence-electron chi connectivity index (χ2n) is 2.77. The zero-order valence-corrected chi connectivity index (χ0v) is 8.75. The van der Waals surface area contributed by atoms with Gasteiger partial charge in [-0.15, -0.1) is 12.6 Å². The molecule has 1 aromatic carbocycles. The number of benzene rings is 1. The van der Waals surface area contributed by atoms with Gasteiger partial charge in [0.25, 0.3) is 0 Å². The predicted octanol–water partition coefficient (Wildman–Crippen LogP) is 1.96. The van der Waals surface area contributed by atoms with Crippen molar-refractivity contribution < 1.29 is 0 Å². The topological polar surface area (TPSA) is 48.2 Å². The Morgan fingerprint density at radius 1 is 1.57 bits per heavy atom. The van der Waals surface area contributed by atoms with Crippen molar-refractivity contribution in [3.8, 4) is 6.19 Å². The van der Waals surface area contributed by atoms with Crippen LogP contribution in [0.3, 0.4) is 0 Å². The van der Waals surface area contributed by atoms with Crippen LogP contribution in [0.2, 0.25) is 0 Å². The third kappa shape index (κ3) is 3.11. The second kappa shape index (κ2) is 5.30. The van der Waals surface area contributed by atoms with E-state index in [0.717, 1.165) is 10.5 Å². The van der Waals surface area contributed by atoms with E-state index >= 15 is 0 Å². The monoisotopic (exact) mass is 205 g/mol. The van der Waals surface area contributed by atoms with Gasteiger partial charge in [0.1, 0.15) is 5.84 Å². The first-order chi connectivity index (χ1) is 6.74. The fourth-order valence-electron chi connectivity index (χ4n) is 0.969. The van der Waals surface area contributed by atoms with E-state index in [1.165, 1.54) is 0 Å². The number of rotatable bonds is 2. The average Bonchev–Trinajstić information content (AvgIpc) is 2.17. The summed E-state index contributed by atoms with van der Waals surface area (Å²) in [6.45, 7) is 2.30. The molecule has 0 saturated heterocycles. The molecule has 3 nitrogen and oxygen atoms in total. The van der Waals surface area contributed by atoms with Crippen molar-refractivity contribution in [2.45, 2.75) is 18.4 Å². The Morgan fingerprint density at radius 2 is 2.29 bits per heavy atom. The van der Waals surface area contributed by atoms with E-state index in [9.17, 15) is 0 Å². The van der Waals surface area contributed by atoms with Gasteiger partial charge in [0.15, 0.2) is 6.19 Å². The molecule has 0 aliphatic carbocycles. The molecule has 0 heterocycles. The molecule has 1 aromatic rings. The number of hydrogen-bond donors (Lipinski definition) is 2. The summed E-state index contributed by atoms with van der Waals surface area (Å²) in [4.78, 5) is 5.10. The van der Waals surface area contributed by atoms with E-state index in [2.05, 4.69) is 22.9 Å². The number of amidine groups is 1. The van der Waals surface area contributed by atoms with Crippen molar-refractivity contribution in [2.24, 2.45) is 4.99 Å². The molecule has 72 valence electrons. The summed E-state index contributed by atoms with van der Waals surface area (Å²) in [6.07, 6.45) is 1.82. The van der Waals surface area contributed by atoms with E-state index in [4.69, 9.17) is 5.26 Å². The molecular formula is C10H11N3S. The van der Waals surface area contributed by atoms with Crippen LogP contribution in [0.1, 0.15) is 12.5 Å². The lowest BCUT2D eigenvalue weighted by Gasteiger charge is -2.01. The number of hydrogen-bond acceptors (Lipinski definition) is 3. The van der Waals surface area contributed by atoms with Gasteiger partial charge >= 0.3 is 0 Å². The first-order valence-corrected chi connectivity index (χ1v) is 4.62. The van der Waals surface area contributed by atoms with Crippen LogP contribution in [0.5, 0.6) is 0 Å². The molecule has 0 atom stereocenters. The van der Waals surface area contributed by atoms with Gasteiger partial charge in [-0.3, -0.25) is 10.3 Å². The Bertz CT molecular complexity index is 379. The normalized spacial score (nSPS) is 10.8. The van der Waals surface area contributed by atoms with E-state index in [-0.39, 0.29) is 0 Å². The summed E-state index contributed by atoms with van der Waals surface area (Å²) in [5, 5.41) is 10.8. The minimum Gasteiger partial charge on any atom is -0.281 e. The molecule has 0 aromatic heterocycles. The maximum absolute atomic E-state index is 8.33. The van der Waals surface area contributed by atoms with E-state index < -0.39 is 0 Å². The first kappa shape index (κ1) is 10.6. The van der Waals surface area contributed by atoms with E-state index in [1.807, 2.05) is 30.5 Å². The molecule has 0 radical (unpaired) electrons. The van der Waals surface area contributed by atoms with Crippen LogP contribution in [0.25, 0.3) is 0 Å². The van der Waals surface area contributed by atoms with Crippen molar-refractivity contribution in [2.75, 3.05) is 0 Å². The molecule has 14 heavy (non-hydrogen) atoms. The van der Waals surface area contributed by atoms with Gasteiger partial charge in [0.05, 0.1) is 6.54 Å². The van der Waals surface area contributed by atoms with Crippen LogP contribution >= 0.6 is 12.6 Å². The number of nitriles is 1. The Balaban J connectivity index is 2.67. The fourth-order valence-corrected chi connectivity index (χ4v) is 1.20. The zero-order chi connectivity index (χ0) is 10.4. The first-order valence-electron chi connectivity index (χ1n) is 4.17. The molecule has 0 unspecified atom stereocenters. The van der Waals surface area contributed by atoms with Gasteiger partial charge in [-0.2, -0.15) is 5.26 Å². The van der Waals surface area contributed by atoms with Crippen molar-refractivity contribution >= 4 is 18.5 Å². The predicted molar refractivity (Wildman–Crippen MR) is 59.3 cm³/mol. The molecule has 4 heteroatoms. The summed E-state index contributed by atoms with van der Waals surface area (Å²) in [5.74, 6) is 0.615. The molecule has 0 saturated carbocycles. The number of nitrogens with one attached hydrogen (secondary N) is 1. The molecule has 1 rings (SSSR count). The summed E-state index contributed by atoms with van der Waals surface area (Å²) in [7, 11) is 0. The van der Waals surface area contributed by atoms with E-state index in [0.29, 0.717) is 12.4 Å². The Kier molecular flexibility index (Phi) is 4.02. The summed E-state index contributed by atoms with van der Waals surface area (Å²) in [5.41, 5.74) is 1.05. The molecule has 0 aliphatic rings. The lowest BCUT2D eigenvalue weighted by Crippen LogP contribution is -2.13. The Labute approximate surface area is 88.9 Å². The maximum atomic E-state index is 8.33. The minimum absolute atomic E-state index is 0.542. The smallest absolute Gasteiger partial charge is 0.182 e. The zero-order valence-electron chi connectivity index (χ0n) is 7.86. The fraction of sp³-hybridized carbons (Fsp3) is 0.200. The lowest BCUT2D eigenvalue weighted by molar-refractivity contribution is 1.01. The van der Waals surface area contributed by atoms with Crippen LogP contribution in [0.15, 0.2) is 34.2 Å². The van der Waals surface area contributed by atoms with Gasteiger partial charge in [-0.1, -0.05) is 18.2 Å². The van der Waals surface area contributed by atoms with Crippen LogP contribution in [0.4, 0.5) is 0 Å². The SMILES string of the molecule is CC(=NCc1ccccc1S)NC#N. The molecule has 0 spiro atoms. The van der Waals surface area contributed by atoms with Crippen molar-refractivity contribution in [1.82, 2.24) is 5.32 Å². The highest BCUT2D eigenvalue weighted by Gasteiger charge is 1.95. The average molecular weight is 205 g/mol. The standard InChI is InChI=1S/C10H11N3S/c1-8(13-7-11)12-6-9-4-2-3-5-10(9)14/h2-5,14H,6H2,1H3,(H,12,13). The molecule has 1 N–H and O–H groups in total. The van der Waals surface area contributed by atoms with Crippen LogP contribution < -0.4 is 5.32 Å².